The van der Waals surface area contributed by atoms with Gasteiger partial charge in [-0.1, -0.05) is 38.9 Å². The molecule has 2 N–H and O–H groups in total. The molecule has 0 aliphatic heterocycles. The summed E-state index contributed by atoms with van der Waals surface area (Å²) < 4.78 is 13.9. The predicted octanol–water partition coefficient (Wildman–Crippen LogP) is 3.72. The molecule has 1 aromatic rings. The van der Waals surface area contributed by atoms with E-state index in [0.717, 1.165) is 31.6 Å². The minimum absolute atomic E-state index is 0.104. The lowest BCUT2D eigenvalue weighted by atomic mass is 10.0. The summed E-state index contributed by atoms with van der Waals surface area (Å²) in [5.74, 6) is 0.297. The lowest BCUT2D eigenvalue weighted by Crippen LogP contribution is -2.29. The predicted molar refractivity (Wildman–Crippen MR) is 84.2 cm³/mol. The van der Waals surface area contributed by atoms with Gasteiger partial charge in [0.25, 0.3) is 0 Å². The molecule has 0 spiro atoms. The first-order valence-corrected chi connectivity index (χ1v) is 7.28. The standard InChI is InChI=1S/C15H23FN2S/c1-4-11(5-2)10-18(6-3)12-7-8-13(15(17)19)14(16)9-12/h7-9,11H,4-6,10H2,1-3H3,(H2,17,19). The summed E-state index contributed by atoms with van der Waals surface area (Å²) in [4.78, 5) is 2.30. The van der Waals surface area contributed by atoms with Crippen molar-refractivity contribution in [3.63, 3.8) is 0 Å². The van der Waals surface area contributed by atoms with Gasteiger partial charge in [-0.15, -0.1) is 0 Å². The molecule has 0 heterocycles. The lowest BCUT2D eigenvalue weighted by molar-refractivity contribution is 0.485. The molecule has 0 amide bonds. The summed E-state index contributed by atoms with van der Waals surface area (Å²) in [6, 6.07) is 5.09. The van der Waals surface area contributed by atoms with Crippen LogP contribution in [0.5, 0.6) is 0 Å². The highest BCUT2D eigenvalue weighted by atomic mass is 32.1. The first kappa shape index (κ1) is 15.9. The molecule has 0 fully saturated rings. The van der Waals surface area contributed by atoms with Crippen molar-refractivity contribution in [1.29, 1.82) is 0 Å². The molecule has 0 atom stereocenters. The van der Waals surface area contributed by atoms with Gasteiger partial charge in [0, 0.05) is 24.3 Å². The Hall–Kier alpha value is -1.16. The molecular formula is C15H23FN2S. The number of nitrogens with two attached hydrogens (primary N) is 1. The number of benzene rings is 1. The van der Waals surface area contributed by atoms with E-state index < -0.39 is 0 Å². The van der Waals surface area contributed by atoms with E-state index in [1.807, 2.05) is 6.07 Å². The van der Waals surface area contributed by atoms with E-state index >= 15 is 0 Å². The molecule has 0 aliphatic rings. The molecule has 0 aliphatic carbocycles. The average molecular weight is 282 g/mol. The zero-order valence-electron chi connectivity index (χ0n) is 11.9. The van der Waals surface area contributed by atoms with Gasteiger partial charge in [-0.05, 0) is 31.0 Å². The number of rotatable bonds is 7. The first-order chi connectivity index (χ1) is 9.03. The van der Waals surface area contributed by atoms with Gasteiger partial charge in [-0.2, -0.15) is 0 Å². The van der Waals surface area contributed by atoms with Crippen molar-refractivity contribution in [2.75, 3.05) is 18.0 Å². The van der Waals surface area contributed by atoms with Crippen molar-refractivity contribution >= 4 is 22.9 Å². The van der Waals surface area contributed by atoms with Crippen LogP contribution < -0.4 is 10.6 Å². The summed E-state index contributed by atoms with van der Waals surface area (Å²) >= 11 is 4.82. The Bertz CT molecular complexity index is 430. The van der Waals surface area contributed by atoms with Crippen LogP contribution >= 0.6 is 12.2 Å². The summed E-state index contributed by atoms with van der Waals surface area (Å²) in [6.07, 6.45) is 2.28. The Balaban J connectivity index is 2.93. The van der Waals surface area contributed by atoms with E-state index in [2.05, 4.69) is 25.7 Å². The maximum atomic E-state index is 13.9. The van der Waals surface area contributed by atoms with Gasteiger partial charge in [0.15, 0.2) is 0 Å². The second-order valence-electron chi connectivity index (χ2n) is 4.75. The zero-order valence-corrected chi connectivity index (χ0v) is 12.8. The third-order valence-corrected chi connectivity index (χ3v) is 3.82. The fraction of sp³-hybridized carbons (Fsp3) is 0.533. The molecule has 0 unspecified atom stereocenters. The normalized spacial score (nSPS) is 10.8. The van der Waals surface area contributed by atoms with Crippen LogP contribution in [0.15, 0.2) is 18.2 Å². The van der Waals surface area contributed by atoms with Crippen molar-refractivity contribution in [2.45, 2.75) is 33.6 Å². The van der Waals surface area contributed by atoms with E-state index in [4.69, 9.17) is 18.0 Å². The number of halogens is 1. The number of hydrogen-bond donors (Lipinski definition) is 1. The van der Waals surface area contributed by atoms with Crippen molar-refractivity contribution in [2.24, 2.45) is 11.7 Å². The monoisotopic (exact) mass is 282 g/mol. The highest BCUT2D eigenvalue weighted by Gasteiger charge is 2.13. The Labute approximate surface area is 120 Å². The Morgan fingerprint density at radius 3 is 2.37 bits per heavy atom. The molecule has 0 saturated heterocycles. The summed E-state index contributed by atoms with van der Waals surface area (Å²) in [5.41, 5.74) is 6.69. The van der Waals surface area contributed by atoms with Crippen LogP contribution in [0, 0.1) is 11.7 Å². The Morgan fingerprint density at radius 1 is 1.32 bits per heavy atom. The SMILES string of the molecule is CCC(CC)CN(CC)c1ccc(C(N)=S)c(F)c1. The van der Waals surface area contributed by atoms with Gasteiger partial charge in [0.1, 0.15) is 10.8 Å². The summed E-state index contributed by atoms with van der Waals surface area (Å²) in [5, 5.41) is 0. The van der Waals surface area contributed by atoms with Crippen LogP contribution in [0.2, 0.25) is 0 Å². The van der Waals surface area contributed by atoms with E-state index in [0.29, 0.717) is 11.5 Å². The second-order valence-corrected chi connectivity index (χ2v) is 5.19. The molecule has 1 aromatic carbocycles. The molecule has 19 heavy (non-hydrogen) atoms. The van der Waals surface area contributed by atoms with Crippen LogP contribution in [0.4, 0.5) is 10.1 Å². The van der Waals surface area contributed by atoms with Gasteiger partial charge in [0.05, 0.1) is 0 Å². The third-order valence-electron chi connectivity index (χ3n) is 3.60. The fourth-order valence-corrected chi connectivity index (χ4v) is 2.34. The quantitative estimate of drug-likeness (QED) is 0.773. The number of nitrogens with zero attached hydrogens (tertiary/aromatic N) is 1. The van der Waals surface area contributed by atoms with E-state index in [1.54, 1.807) is 6.07 Å². The van der Waals surface area contributed by atoms with Crippen LogP contribution in [0.25, 0.3) is 0 Å². The molecule has 2 nitrogen and oxygen atoms in total. The molecule has 4 heteroatoms. The fourth-order valence-electron chi connectivity index (χ4n) is 2.18. The summed E-state index contributed by atoms with van der Waals surface area (Å²) in [7, 11) is 0. The largest absolute Gasteiger partial charge is 0.389 e. The second kappa shape index (κ2) is 7.43. The smallest absolute Gasteiger partial charge is 0.135 e. The molecule has 106 valence electrons. The van der Waals surface area contributed by atoms with Crippen LogP contribution in [-0.4, -0.2) is 18.1 Å². The number of hydrogen-bond acceptors (Lipinski definition) is 2. The first-order valence-electron chi connectivity index (χ1n) is 6.87. The maximum absolute atomic E-state index is 13.9. The maximum Gasteiger partial charge on any atom is 0.135 e. The van der Waals surface area contributed by atoms with Crippen molar-refractivity contribution in [3.8, 4) is 0 Å². The summed E-state index contributed by atoms with van der Waals surface area (Å²) in [6.45, 7) is 8.29. The highest BCUT2D eigenvalue weighted by molar-refractivity contribution is 7.80. The Kier molecular flexibility index (Phi) is 6.22. The number of thiocarbonyl (C=S) groups is 1. The van der Waals surface area contributed by atoms with E-state index in [9.17, 15) is 4.39 Å². The molecule has 1 rings (SSSR count). The Morgan fingerprint density at radius 2 is 1.95 bits per heavy atom. The van der Waals surface area contributed by atoms with Gasteiger partial charge in [-0.3, -0.25) is 0 Å². The molecule has 0 saturated carbocycles. The number of anilines is 1. The van der Waals surface area contributed by atoms with Gasteiger partial charge in [-0.25, -0.2) is 4.39 Å². The van der Waals surface area contributed by atoms with E-state index in [-0.39, 0.29) is 10.8 Å². The van der Waals surface area contributed by atoms with Gasteiger partial charge < -0.3 is 10.6 Å². The van der Waals surface area contributed by atoms with Crippen LogP contribution in [-0.2, 0) is 0 Å². The van der Waals surface area contributed by atoms with E-state index in [1.165, 1.54) is 6.07 Å². The lowest BCUT2D eigenvalue weighted by Gasteiger charge is -2.27. The van der Waals surface area contributed by atoms with Crippen LogP contribution in [0.3, 0.4) is 0 Å². The van der Waals surface area contributed by atoms with Crippen molar-refractivity contribution < 1.29 is 4.39 Å². The molecule has 0 radical (unpaired) electrons. The molecule has 0 bridgehead atoms. The average Bonchev–Trinajstić information content (AvgIpc) is 2.39. The van der Waals surface area contributed by atoms with Crippen molar-refractivity contribution in [3.05, 3.63) is 29.6 Å². The topological polar surface area (TPSA) is 29.3 Å². The minimum Gasteiger partial charge on any atom is -0.389 e. The van der Waals surface area contributed by atoms with Crippen molar-refractivity contribution in [1.82, 2.24) is 0 Å². The zero-order chi connectivity index (χ0) is 14.4. The molecular weight excluding hydrogens is 259 g/mol. The molecule has 0 aromatic heterocycles. The van der Waals surface area contributed by atoms with Gasteiger partial charge in [0.2, 0.25) is 0 Å². The highest BCUT2D eigenvalue weighted by Crippen LogP contribution is 2.21. The van der Waals surface area contributed by atoms with Gasteiger partial charge >= 0.3 is 0 Å². The third kappa shape index (κ3) is 4.16. The minimum atomic E-state index is -0.340. The van der Waals surface area contributed by atoms with Crippen LogP contribution in [0.1, 0.15) is 39.2 Å².